The van der Waals surface area contributed by atoms with Crippen LogP contribution in [0.2, 0.25) is 10.0 Å². The molecule has 0 aliphatic rings. The molecule has 134 valence electrons. The number of hydrogen-bond acceptors (Lipinski definition) is 4. The number of nitrogens with one attached hydrogen (secondary N) is 1. The average molecular weight is 406 g/mol. The third-order valence-electron chi connectivity index (χ3n) is 3.83. The van der Waals surface area contributed by atoms with E-state index in [4.69, 9.17) is 23.2 Å². The van der Waals surface area contributed by atoms with Gasteiger partial charge in [-0.15, -0.1) is 0 Å². The second-order valence-electron chi connectivity index (χ2n) is 5.84. The topological polar surface area (TPSA) is 54.9 Å². The number of hydrogen-bond donors (Lipinski definition) is 1. The third kappa shape index (κ3) is 4.47. The molecule has 3 aromatic rings. The maximum atomic E-state index is 12.4. The van der Waals surface area contributed by atoms with Gasteiger partial charge in [0.25, 0.3) is 0 Å². The lowest BCUT2D eigenvalue weighted by molar-refractivity contribution is -0.119. The Morgan fingerprint density at radius 1 is 1.19 bits per heavy atom. The van der Waals surface area contributed by atoms with Crippen LogP contribution in [0.1, 0.15) is 24.4 Å². The number of amides is 1. The summed E-state index contributed by atoms with van der Waals surface area (Å²) in [5.41, 5.74) is 1.71. The van der Waals surface area contributed by atoms with E-state index in [1.165, 1.54) is 11.8 Å². The Morgan fingerprint density at radius 3 is 2.73 bits per heavy atom. The number of halogens is 2. The summed E-state index contributed by atoms with van der Waals surface area (Å²) in [4.78, 5) is 21.2. The van der Waals surface area contributed by atoms with Gasteiger partial charge in [-0.05, 0) is 37.6 Å². The normalized spacial score (nSPS) is 12.2. The Kier molecular flexibility index (Phi) is 6.01. The predicted octanol–water partition coefficient (Wildman–Crippen LogP) is 5.21. The van der Waals surface area contributed by atoms with Gasteiger partial charge in [0.1, 0.15) is 10.9 Å². The molecule has 1 amide bonds. The summed E-state index contributed by atoms with van der Waals surface area (Å²) < 4.78 is 0. The largest absolute Gasteiger partial charge is 0.349 e. The van der Waals surface area contributed by atoms with Crippen LogP contribution in [-0.4, -0.2) is 21.6 Å². The quantitative estimate of drug-likeness (QED) is 0.467. The van der Waals surface area contributed by atoms with Crippen molar-refractivity contribution in [2.45, 2.75) is 24.9 Å². The molecule has 1 heterocycles. The summed E-state index contributed by atoms with van der Waals surface area (Å²) in [5.74, 6) is 0.859. The summed E-state index contributed by atoms with van der Waals surface area (Å²) >= 11 is 13.5. The fourth-order valence-electron chi connectivity index (χ4n) is 2.62. The van der Waals surface area contributed by atoms with Gasteiger partial charge in [-0.3, -0.25) is 4.79 Å². The van der Waals surface area contributed by atoms with Crippen LogP contribution >= 0.6 is 35.0 Å². The van der Waals surface area contributed by atoms with E-state index < -0.39 is 0 Å². The van der Waals surface area contributed by atoms with Crippen LogP contribution in [0.15, 0.2) is 47.5 Å². The van der Waals surface area contributed by atoms with Crippen molar-refractivity contribution in [1.29, 1.82) is 0 Å². The van der Waals surface area contributed by atoms with E-state index in [0.717, 1.165) is 21.5 Å². The van der Waals surface area contributed by atoms with Gasteiger partial charge >= 0.3 is 0 Å². The molecule has 0 bridgehead atoms. The van der Waals surface area contributed by atoms with Crippen molar-refractivity contribution < 1.29 is 4.79 Å². The number of aromatic nitrogens is 2. The van der Waals surface area contributed by atoms with E-state index in [1.807, 2.05) is 44.2 Å². The van der Waals surface area contributed by atoms with Crippen LogP contribution in [0.25, 0.3) is 10.9 Å². The fourth-order valence-corrected chi connectivity index (χ4v) is 4.06. The Morgan fingerprint density at radius 2 is 1.96 bits per heavy atom. The smallest absolute Gasteiger partial charge is 0.230 e. The first-order valence-electron chi connectivity index (χ1n) is 8.04. The maximum absolute atomic E-state index is 12.4. The minimum atomic E-state index is -0.211. The lowest BCUT2D eigenvalue weighted by atomic mass is 10.1. The number of carbonyl (C=O) groups excluding carboxylic acids is 1. The molecule has 1 atom stereocenters. The standard InChI is InChI=1S/C19H17Cl2N3OS/c1-11(14-8-7-13(20)9-16(14)21)22-18(25)10-26-19-15-5-3-4-6-17(15)23-12(2)24-19/h3-9,11H,10H2,1-2H3,(H,22,25)/t11-/m0/s1. The first-order chi connectivity index (χ1) is 12.4. The highest BCUT2D eigenvalue weighted by molar-refractivity contribution is 8.00. The van der Waals surface area contributed by atoms with Crippen LogP contribution in [0.3, 0.4) is 0 Å². The lowest BCUT2D eigenvalue weighted by Crippen LogP contribution is -2.28. The molecule has 0 unspecified atom stereocenters. The number of benzene rings is 2. The van der Waals surface area contributed by atoms with Crippen LogP contribution in [0, 0.1) is 6.92 Å². The zero-order chi connectivity index (χ0) is 18.7. The monoisotopic (exact) mass is 405 g/mol. The van der Waals surface area contributed by atoms with Crippen LogP contribution in [-0.2, 0) is 4.79 Å². The molecule has 0 saturated carbocycles. The number of para-hydroxylation sites is 1. The molecule has 26 heavy (non-hydrogen) atoms. The van der Waals surface area contributed by atoms with Gasteiger partial charge in [0.05, 0.1) is 17.3 Å². The fraction of sp³-hybridized carbons (Fsp3) is 0.211. The molecule has 7 heteroatoms. The van der Waals surface area contributed by atoms with Gasteiger partial charge < -0.3 is 5.32 Å². The molecule has 1 aromatic heterocycles. The summed E-state index contributed by atoms with van der Waals surface area (Å²) in [6.07, 6.45) is 0. The zero-order valence-electron chi connectivity index (χ0n) is 14.3. The number of rotatable bonds is 5. The van der Waals surface area contributed by atoms with Crippen molar-refractivity contribution in [3.05, 3.63) is 63.9 Å². The average Bonchev–Trinajstić information content (AvgIpc) is 2.59. The van der Waals surface area contributed by atoms with Gasteiger partial charge in [-0.25, -0.2) is 9.97 Å². The number of thioether (sulfide) groups is 1. The molecule has 0 spiro atoms. The van der Waals surface area contributed by atoms with Crippen LogP contribution < -0.4 is 5.32 Å². The molecule has 4 nitrogen and oxygen atoms in total. The van der Waals surface area contributed by atoms with E-state index in [9.17, 15) is 4.79 Å². The molecule has 0 fully saturated rings. The summed E-state index contributed by atoms with van der Waals surface area (Å²) in [5, 5.41) is 5.82. The SMILES string of the molecule is Cc1nc(SCC(=O)N[C@@H](C)c2ccc(Cl)cc2Cl)c2ccccc2n1. The number of aryl methyl sites for hydroxylation is 1. The van der Waals surface area contributed by atoms with Crippen molar-refractivity contribution in [1.82, 2.24) is 15.3 Å². The van der Waals surface area contributed by atoms with Gasteiger partial charge in [0.2, 0.25) is 5.91 Å². The molecule has 2 aromatic carbocycles. The Labute approximate surface area is 166 Å². The summed E-state index contributed by atoms with van der Waals surface area (Å²) in [6, 6.07) is 12.8. The lowest BCUT2D eigenvalue weighted by Gasteiger charge is -2.16. The molecule has 1 N–H and O–H groups in total. The first-order valence-corrected chi connectivity index (χ1v) is 9.78. The van der Waals surface area contributed by atoms with E-state index >= 15 is 0 Å². The van der Waals surface area contributed by atoms with Gasteiger partial charge in [-0.1, -0.05) is 59.2 Å². The number of nitrogens with zero attached hydrogens (tertiary/aromatic N) is 2. The minimum absolute atomic E-state index is 0.0890. The zero-order valence-corrected chi connectivity index (χ0v) is 16.6. The van der Waals surface area contributed by atoms with Crippen LogP contribution in [0.5, 0.6) is 0 Å². The molecule has 3 rings (SSSR count). The van der Waals surface area contributed by atoms with Gasteiger partial charge in [0, 0.05) is 15.4 Å². The van der Waals surface area contributed by atoms with Crippen molar-refractivity contribution in [2.75, 3.05) is 5.75 Å². The predicted molar refractivity (Wildman–Crippen MR) is 108 cm³/mol. The van der Waals surface area contributed by atoms with Gasteiger partial charge in [-0.2, -0.15) is 0 Å². The van der Waals surface area contributed by atoms with Gasteiger partial charge in [0.15, 0.2) is 0 Å². The Bertz CT molecular complexity index is 965. The second kappa shape index (κ2) is 8.25. The molecule has 0 aliphatic carbocycles. The molecule has 0 saturated heterocycles. The van der Waals surface area contributed by atoms with Crippen molar-refractivity contribution in [2.24, 2.45) is 0 Å². The Balaban J connectivity index is 1.68. The summed E-state index contributed by atoms with van der Waals surface area (Å²) in [7, 11) is 0. The molecule has 0 radical (unpaired) electrons. The highest BCUT2D eigenvalue weighted by Gasteiger charge is 2.14. The summed E-state index contributed by atoms with van der Waals surface area (Å²) in [6.45, 7) is 3.74. The number of fused-ring (bicyclic) bond motifs is 1. The van der Waals surface area contributed by atoms with Crippen molar-refractivity contribution in [3.63, 3.8) is 0 Å². The minimum Gasteiger partial charge on any atom is -0.349 e. The number of carbonyl (C=O) groups is 1. The van der Waals surface area contributed by atoms with E-state index in [-0.39, 0.29) is 17.7 Å². The highest BCUT2D eigenvalue weighted by Crippen LogP contribution is 2.27. The molecule has 0 aliphatic heterocycles. The van der Waals surface area contributed by atoms with E-state index in [1.54, 1.807) is 12.1 Å². The second-order valence-corrected chi connectivity index (χ2v) is 7.64. The molecular formula is C19H17Cl2N3OS. The molecular weight excluding hydrogens is 389 g/mol. The first kappa shape index (κ1) is 19.0. The van der Waals surface area contributed by atoms with Crippen LogP contribution in [0.4, 0.5) is 0 Å². The van der Waals surface area contributed by atoms with Crippen molar-refractivity contribution in [3.8, 4) is 0 Å². The van der Waals surface area contributed by atoms with E-state index in [2.05, 4.69) is 15.3 Å². The third-order valence-corrected chi connectivity index (χ3v) is 5.38. The van der Waals surface area contributed by atoms with Crippen molar-refractivity contribution >= 4 is 51.8 Å². The highest BCUT2D eigenvalue weighted by atomic mass is 35.5. The van der Waals surface area contributed by atoms with E-state index in [0.29, 0.717) is 15.9 Å². The maximum Gasteiger partial charge on any atom is 0.230 e. The Hall–Kier alpha value is -1.82.